The molecule has 24 heavy (non-hydrogen) atoms. The average molecular weight is 356 g/mol. The van der Waals surface area contributed by atoms with E-state index in [-0.39, 0.29) is 25.6 Å². The van der Waals surface area contributed by atoms with E-state index in [0.29, 0.717) is 0 Å². The molecule has 5 unspecified atom stereocenters. The second-order valence-electron chi connectivity index (χ2n) is 5.53. The summed E-state index contributed by atoms with van der Waals surface area (Å²) in [5.41, 5.74) is 0. The Balaban J connectivity index is 2.96. The van der Waals surface area contributed by atoms with Crippen LogP contribution in [-0.4, -0.2) is 87.5 Å². The summed E-state index contributed by atoms with van der Waals surface area (Å²) < 4.78 is 36.4. The molecule has 5 atom stereocenters. The number of likely N-dealkylation sites (tertiary alicyclic amines) is 1. The molecule has 140 valence electrons. The third-order valence-corrected chi connectivity index (χ3v) is 3.87. The molecule has 0 saturated carbocycles. The zero-order valence-corrected chi connectivity index (χ0v) is 13.1. The van der Waals surface area contributed by atoms with Crippen molar-refractivity contribution in [3.8, 4) is 0 Å². The lowest BCUT2D eigenvalue weighted by molar-refractivity contribution is -0.178. The van der Waals surface area contributed by atoms with Gasteiger partial charge in [-0.1, -0.05) is 6.08 Å². The number of halogens is 3. The Morgan fingerprint density at radius 2 is 1.83 bits per heavy atom. The molecule has 1 aliphatic rings. The van der Waals surface area contributed by atoms with Gasteiger partial charge in [0.15, 0.2) is 0 Å². The second-order valence-corrected chi connectivity index (χ2v) is 5.53. The first-order valence-electron chi connectivity index (χ1n) is 7.57. The van der Waals surface area contributed by atoms with Gasteiger partial charge in [-0.3, -0.25) is 9.69 Å². The molecule has 0 bridgehead atoms. The Hall–Kier alpha value is -1.20. The molecular formula is C14H23F3N2O5. The van der Waals surface area contributed by atoms with Gasteiger partial charge in [-0.25, -0.2) is 0 Å². The van der Waals surface area contributed by atoms with Gasteiger partial charge in [0.1, 0.15) is 24.4 Å². The second kappa shape index (κ2) is 8.77. The molecule has 7 nitrogen and oxygen atoms in total. The number of amides is 1. The van der Waals surface area contributed by atoms with Gasteiger partial charge in [0.25, 0.3) is 0 Å². The fraction of sp³-hybridized carbons (Fsp3) is 0.786. The maximum Gasteiger partial charge on any atom is 0.409 e. The van der Waals surface area contributed by atoms with E-state index in [9.17, 15) is 38.4 Å². The van der Waals surface area contributed by atoms with E-state index in [1.807, 2.05) is 0 Å². The Bertz CT molecular complexity index is 447. The van der Waals surface area contributed by atoms with E-state index < -0.39 is 49.1 Å². The highest BCUT2D eigenvalue weighted by atomic mass is 19.4. The zero-order chi connectivity index (χ0) is 18.5. The summed E-state index contributed by atoms with van der Waals surface area (Å²) in [6.07, 6.45) is -8.52. The Labute approximate surface area is 137 Å². The molecule has 1 amide bonds. The minimum atomic E-state index is -4.47. The molecule has 5 N–H and O–H groups in total. The van der Waals surface area contributed by atoms with Crippen LogP contribution in [0.15, 0.2) is 12.2 Å². The van der Waals surface area contributed by atoms with Gasteiger partial charge < -0.3 is 25.7 Å². The van der Waals surface area contributed by atoms with Crippen molar-refractivity contribution >= 4 is 5.91 Å². The van der Waals surface area contributed by atoms with Gasteiger partial charge in [-0.05, 0) is 13.3 Å². The van der Waals surface area contributed by atoms with Crippen LogP contribution in [0.4, 0.5) is 13.2 Å². The van der Waals surface area contributed by atoms with Crippen LogP contribution in [-0.2, 0) is 4.79 Å². The lowest BCUT2D eigenvalue weighted by Crippen LogP contribution is -2.70. The summed E-state index contributed by atoms with van der Waals surface area (Å²) in [7, 11) is 0. The molecule has 0 aromatic heterocycles. The average Bonchev–Trinajstić information content (AvgIpc) is 2.48. The quantitative estimate of drug-likeness (QED) is 0.381. The molecule has 1 saturated heterocycles. The van der Waals surface area contributed by atoms with Crippen LogP contribution >= 0.6 is 0 Å². The Morgan fingerprint density at radius 3 is 2.33 bits per heavy atom. The molecule has 10 heteroatoms. The van der Waals surface area contributed by atoms with Gasteiger partial charge in [0.2, 0.25) is 5.91 Å². The summed E-state index contributed by atoms with van der Waals surface area (Å²) >= 11 is 0. The number of nitrogens with one attached hydrogen (secondary N) is 1. The Kier molecular flexibility index (Phi) is 7.61. The molecule has 1 rings (SSSR count). The molecule has 1 aliphatic heterocycles. The summed E-state index contributed by atoms with van der Waals surface area (Å²) in [6, 6.07) is -2.38. The normalized spacial score (nSPS) is 32.2. The number of carbonyl (C=O) groups excluding carboxylic acids is 1. The highest BCUT2D eigenvalue weighted by molar-refractivity contribution is 5.82. The number of likely N-dealkylation sites (N-methyl/N-ethyl adjacent to an activating group) is 1. The Morgan fingerprint density at radius 1 is 1.21 bits per heavy atom. The van der Waals surface area contributed by atoms with Crippen molar-refractivity contribution in [1.82, 2.24) is 10.2 Å². The van der Waals surface area contributed by atoms with E-state index in [4.69, 9.17) is 0 Å². The van der Waals surface area contributed by atoms with E-state index in [1.54, 1.807) is 6.92 Å². The largest absolute Gasteiger partial charge is 0.409 e. The summed E-state index contributed by atoms with van der Waals surface area (Å²) in [5.74, 6) is -0.644. The minimum absolute atomic E-state index is 0.0493. The first-order chi connectivity index (χ1) is 11.1. The van der Waals surface area contributed by atoms with Gasteiger partial charge in [0, 0.05) is 19.2 Å². The van der Waals surface area contributed by atoms with Crippen LogP contribution in [0.2, 0.25) is 0 Å². The number of hydrogen-bond acceptors (Lipinski definition) is 6. The number of aliphatic hydroxyl groups is 4. The van der Waals surface area contributed by atoms with Crippen LogP contribution in [0.3, 0.4) is 0 Å². The first-order valence-corrected chi connectivity index (χ1v) is 7.57. The number of aliphatic hydroxyl groups excluding tert-OH is 4. The van der Waals surface area contributed by atoms with Crippen molar-refractivity contribution in [3.05, 3.63) is 12.2 Å². The standard InChI is InChI=1S/C14H23F3N2O5/c1-2-18-13(24)9-11(22)12(23)10(21)8(7-20)19(9)6-4-3-5-14(15,16)17/h3,5,8-12,20-23H,2,4,6-7H2,1H3,(H,18,24). The maximum atomic E-state index is 12.1. The van der Waals surface area contributed by atoms with Gasteiger partial charge in [-0.2, -0.15) is 13.2 Å². The van der Waals surface area contributed by atoms with Crippen molar-refractivity contribution in [2.75, 3.05) is 19.7 Å². The van der Waals surface area contributed by atoms with Crippen LogP contribution in [0, 0.1) is 0 Å². The predicted octanol–water partition coefficient (Wildman–Crippen LogP) is -1.24. The third-order valence-electron chi connectivity index (χ3n) is 3.87. The van der Waals surface area contributed by atoms with Crippen molar-refractivity contribution in [2.24, 2.45) is 0 Å². The molecule has 1 heterocycles. The summed E-state index contributed by atoms with van der Waals surface area (Å²) in [6.45, 7) is 1.12. The fourth-order valence-electron chi connectivity index (χ4n) is 2.76. The minimum Gasteiger partial charge on any atom is -0.395 e. The predicted molar refractivity (Wildman–Crippen MR) is 77.9 cm³/mol. The monoisotopic (exact) mass is 356 g/mol. The lowest BCUT2D eigenvalue weighted by atomic mass is 9.87. The molecular weight excluding hydrogens is 333 g/mol. The highest BCUT2D eigenvalue weighted by Gasteiger charge is 2.49. The molecule has 0 radical (unpaired) electrons. The number of alkyl halides is 3. The van der Waals surface area contributed by atoms with Crippen LogP contribution < -0.4 is 5.32 Å². The van der Waals surface area contributed by atoms with Gasteiger partial charge >= 0.3 is 6.18 Å². The van der Waals surface area contributed by atoms with Crippen molar-refractivity contribution < 1.29 is 38.4 Å². The summed E-state index contributed by atoms with van der Waals surface area (Å²) in [4.78, 5) is 13.4. The molecule has 0 spiro atoms. The van der Waals surface area contributed by atoms with Crippen LogP contribution in [0.1, 0.15) is 13.3 Å². The van der Waals surface area contributed by atoms with Crippen molar-refractivity contribution in [3.63, 3.8) is 0 Å². The molecule has 1 fully saturated rings. The van der Waals surface area contributed by atoms with Gasteiger partial charge in [0.05, 0.1) is 12.6 Å². The number of hydrogen-bond donors (Lipinski definition) is 5. The number of nitrogens with zero attached hydrogens (tertiary/aromatic N) is 1. The SMILES string of the molecule is CCNC(=O)C1C(O)C(O)C(O)C(CO)N1CCC=CC(F)(F)F. The highest BCUT2D eigenvalue weighted by Crippen LogP contribution is 2.25. The lowest BCUT2D eigenvalue weighted by Gasteiger charge is -2.47. The van der Waals surface area contributed by atoms with E-state index in [0.717, 1.165) is 6.08 Å². The van der Waals surface area contributed by atoms with E-state index >= 15 is 0 Å². The molecule has 0 aromatic rings. The molecule has 0 aromatic carbocycles. The fourth-order valence-corrected chi connectivity index (χ4v) is 2.76. The van der Waals surface area contributed by atoms with Crippen LogP contribution in [0.5, 0.6) is 0 Å². The third kappa shape index (κ3) is 5.15. The number of allylic oxidation sites excluding steroid dienone is 1. The maximum absolute atomic E-state index is 12.1. The van der Waals surface area contributed by atoms with Gasteiger partial charge in [-0.15, -0.1) is 0 Å². The van der Waals surface area contributed by atoms with Crippen molar-refractivity contribution in [1.29, 1.82) is 0 Å². The topological polar surface area (TPSA) is 113 Å². The van der Waals surface area contributed by atoms with Crippen molar-refractivity contribution in [2.45, 2.75) is 49.9 Å². The number of piperidine rings is 1. The number of rotatable bonds is 6. The number of carbonyl (C=O) groups is 1. The smallest absolute Gasteiger partial charge is 0.395 e. The first kappa shape index (κ1) is 20.8. The van der Waals surface area contributed by atoms with E-state index in [2.05, 4.69) is 5.32 Å². The zero-order valence-electron chi connectivity index (χ0n) is 13.1. The summed E-state index contributed by atoms with van der Waals surface area (Å²) in [5, 5.41) is 41.8. The van der Waals surface area contributed by atoms with E-state index in [1.165, 1.54) is 4.90 Å². The van der Waals surface area contributed by atoms with Crippen LogP contribution in [0.25, 0.3) is 0 Å². The molecule has 0 aliphatic carbocycles.